The number of benzene rings is 1. The van der Waals surface area contributed by atoms with Gasteiger partial charge in [0.1, 0.15) is 0 Å². The number of halogens is 2. The molecule has 2 amide bonds. The highest BCUT2D eigenvalue weighted by atomic mass is 35.5. The molecule has 2 fully saturated rings. The third-order valence-corrected chi connectivity index (χ3v) is 6.22. The molecule has 138 valence electrons. The van der Waals surface area contributed by atoms with E-state index < -0.39 is 6.03 Å². The molecule has 3 heterocycles. The number of urea groups is 1. The van der Waals surface area contributed by atoms with Crippen molar-refractivity contribution in [2.24, 2.45) is 0 Å². The fraction of sp³-hybridized carbons (Fsp3) is 0.438. The van der Waals surface area contributed by atoms with Crippen molar-refractivity contribution in [3.8, 4) is 0 Å². The molecule has 1 aromatic heterocycles. The summed E-state index contributed by atoms with van der Waals surface area (Å²) in [7, 11) is 0. The second-order valence-electron chi connectivity index (χ2n) is 6.34. The SMILES string of the molecule is O=C(Nc1nnc(N2CCN3CCC[C@H]3C2)s1)Nc1c(Cl)cccc1Cl. The van der Waals surface area contributed by atoms with E-state index in [1.165, 1.54) is 30.7 Å². The molecule has 7 nitrogen and oxygen atoms in total. The Labute approximate surface area is 165 Å². The summed E-state index contributed by atoms with van der Waals surface area (Å²) in [6.07, 6.45) is 2.51. The molecule has 26 heavy (non-hydrogen) atoms. The predicted octanol–water partition coefficient (Wildman–Crippen LogP) is 3.77. The number of carbonyl (C=O) groups is 1. The van der Waals surface area contributed by atoms with Crippen LogP contribution in [0, 0.1) is 0 Å². The van der Waals surface area contributed by atoms with Gasteiger partial charge >= 0.3 is 6.03 Å². The Morgan fingerprint density at radius 3 is 2.77 bits per heavy atom. The normalized spacial score (nSPS) is 20.1. The largest absolute Gasteiger partial charge is 0.344 e. The van der Waals surface area contributed by atoms with Crippen LogP contribution in [-0.4, -0.2) is 53.3 Å². The number of piperazine rings is 1. The Balaban J connectivity index is 1.38. The number of rotatable bonds is 3. The van der Waals surface area contributed by atoms with Gasteiger partial charge in [0, 0.05) is 25.7 Å². The zero-order chi connectivity index (χ0) is 18.1. The van der Waals surface area contributed by atoms with Crippen LogP contribution in [0.1, 0.15) is 12.8 Å². The molecule has 0 saturated carbocycles. The number of hydrogen-bond donors (Lipinski definition) is 2. The van der Waals surface area contributed by atoms with Crippen molar-refractivity contribution in [3.05, 3.63) is 28.2 Å². The summed E-state index contributed by atoms with van der Waals surface area (Å²) in [5.41, 5.74) is 0.371. The summed E-state index contributed by atoms with van der Waals surface area (Å²) in [5, 5.41) is 15.7. The predicted molar refractivity (Wildman–Crippen MR) is 106 cm³/mol. The van der Waals surface area contributed by atoms with Gasteiger partial charge in [-0.25, -0.2) is 4.79 Å². The van der Waals surface area contributed by atoms with Crippen molar-refractivity contribution in [1.29, 1.82) is 0 Å². The van der Waals surface area contributed by atoms with Crippen molar-refractivity contribution < 1.29 is 4.79 Å². The lowest BCUT2D eigenvalue weighted by Crippen LogP contribution is -2.50. The molecular weight excluding hydrogens is 395 g/mol. The van der Waals surface area contributed by atoms with E-state index in [9.17, 15) is 4.79 Å². The smallest absolute Gasteiger partial charge is 0.325 e. The average Bonchev–Trinajstić information content (AvgIpc) is 3.26. The molecule has 0 radical (unpaired) electrons. The average molecular weight is 413 g/mol. The van der Waals surface area contributed by atoms with Gasteiger partial charge in [0.2, 0.25) is 10.3 Å². The standard InChI is InChI=1S/C16H18Cl2N6OS/c17-11-4-1-5-12(18)13(11)19-14(25)20-15-21-22-16(26-15)24-8-7-23-6-2-3-10(23)9-24/h1,4-5,10H,2-3,6-9H2,(H2,19,20,21,25)/t10-/m0/s1. The fourth-order valence-electron chi connectivity index (χ4n) is 3.42. The second kappa shape index (κ2) is 7.56. The maximum Gasteiger partial charge on any atom is 0.325 e. The third-order valence-electron chi connectivity index (χ3n) is 4.69. The maximum absolute atomic E-state index is 12.2. The van der Waals surface area contributed by atoms with Gasteiger partial charge in [-0.1, -0.05) is 40.6 Å². The first-order valence-corrected chi connectivity index (χ1v) is 10.0. The van der Waals surface area contributed by atoms with Crippen LogP contribution in [0.2, 0.25) is 10.0 Å². The number of fused-ring (bicyclic) bond motifs is 1. The van der Waals surface area contributed by atoms with Crippen LogP contribution in [0.3, 0.4) is 0 Å². The highest BCUT2D eigenvalue weighted by molar-refractivity contribution is 7.19. The van der Waals surface area contributed by atoms with Gasteiger partial charge in [0.05, 0.1) is 15.7 Å². The first-order chi connectivity index (χ1) is 12.6. The minimum Gasteiger partial charge on any atom is -0.344 e. The third kappa shape index (κ3) is 3.73. The van der Waals surface area contributed by atoms with Gasteiger partial charge < -0.3 is 10.2 Å². The Hall–Kier alpha value is -1.61. The van der Waals surface area contributed by atoms with E-state index >= 15 is 0 Å². The fourth-order valence-corrected chi connectivity index (χ4v) is 4.68. The number of nitrogens with one attached hydrogen (secondary N) is 2. The molecule has 2 N–H and O–H groups in total. The Morgan fingerprint density at radius 1 is 1.15 bits per heavy atom. The Kier molecular flexibility index (Phi) is 5.17. The summed E-state index contributed by atoms with van der Waals surface area (Å²) < 4.78 is 0. The summed E-state index contributed by atoms with van der Waals surface area (Å²) in [6.45, 7) is 4.16. The van der Waals surface area contributed by atoms with Gasteiger partial charge in [-0.2, -0.15) is 0 Å². The highest BCUT2D eigenvalue weighted by Gasteiger charge is 2.31. The van der Waals surface area contributed by atoms with E-state index in [0.717, 1.165) is 24.8 Å². The number of anilines is 3. The van der Waals surface area contributed by atoms with Crippen LogP contribution in [0.15, 0.2) is 18.2 Å². The summed E-state index contributed by atoms with van der Waals surface area (Å²) >= 11 is 13.5. The summed E-state index contributed by atoms with van der Waals surface area (Å²) in [4.78, 5) is 17.0. The van der Waals surface area contributed by atoms with Crippen molar-refractivity contribution in [3.63, 3.8) is 0 Å². The number of para-hydroxylation sites is 1. The van der Waals surface area contributed by atoms with E-state index in [1.807, 2.05) is 0 Å². The molecule has 4 rings (SSSR count). The van der Waals surface area contributed by atoms with Crippen LogP contribution in [0.25, 0.3) is 0 Å². The molecule has 0 unspecified atom stereocenters. The number of nitrogens with zero attached hydrogens (tertiary/aromatic N) is 4. The van der Waals surface area contributed by atoms with Gasteiger partial charge in [-0.05, 0) is 31.5 Å². The van der Waals surface area contributed by atoms with Crippen LogP contribution < -0.4 is 15.5 Å². The zero-order valence-electron chi connectivity index (χ0n) is 13.9. The first-order valence-electron chi connectivity index (χ1n) is 8.44. The van der Waals surface area contributed by atoms with Crippen molar-refractivity contribution >= 4 is 56.5 Å². The molecule has 2 aliphatic heterocycles. The minimum absolute atomic E-state index is 0.371. The lowest BCUT2D eigenvalue weighted by Gasteiger charge is -2.37. The number of hydrogen-bond acceptors (Lipinski definition) is 6. The lowest BCUT2D eigenvalue weighted by atomic mass is 10.2. The van der Waals surface area contributed by atoms with Crippen LogP contribution in [-0.2, 0) is 0 Å². The van der Waals surface area contributed by atoms with Crippen molar-refractivity contribution in [1.82, 2.24) is 15.1 Å². The molecule has 2 aromatic rings. The van der Waals surface area contributed by atoms with Crippen LogP contribution >= 0.6 is 34.5 Å². The van der Waals surface area contributed by atoms with E-state index in [2.05, 4.69) is 30.6 Å². The zero-order valence-corrected chi connectivity index (χ0v) is 16.2. The molecule has 10 heteroatoms. The molecule has 2 saturated heterocycles. The monoisotopic (exact) mass is 412 g/mol. The van der Waals surface area contributed by atoms with E-state index in [0.29, 0.717) is 26.9 Å². The molecular formula is C16H18Cl2N6OS. The summed E-state index contributed by atoms with van der Waals surface area (Å²) in [6, 6.07) is 5.19. The van der Waals surface area contributed by atoms with Gasteiger partial charge in [-0.3, -0.25) is 10.2 Å². The van der Waals surface area contributed by atoms with Crippen LogP contribution in [0.4, 0.5) is 20.7 Å². The first kappa shape index (κ1) is 17.8. The number of carbonyl (C=O) groups excluding carboxylic acids is 1. The number of amides is 2. The summed E-state index contributed by atoms with van der Waals surface area (Å²) in [5.74, 6) is 0. The second-order valence-corrected chi connectivity index (χ2v) is 8.11. The molecule has 1 aromatic carbocycles. The molecule has 1 atom stereocenters. The highest BCUT2D eigenvalue weighted by Crippen LogP contribution is 2.31. The van der Waals surface area contributed by atoms with Gasteiger partial charge in [0.15, 0.2) is 0 Å². The van der Waals surface area contributed by atoms with Crippen LogP contribution in [0.5, 0.6) is 0 Å². The maximum atomic E-state index is 12.2. The lowest BCUT2D eigenvalue weighted by molar-refractivity contribution is 0.231. The van der Waals surface area contributed by atoms with E-state index in [1.54, 1.807) is 18.2 Å². The van der Waals surface area contributed by atoms with E-state index in [-0.39, 0.29) is 0 Å². The Bertz CT molecular complexity index is 796. The number of aromatic nitrogens is 2. The van der Waals surface area contributed by atoms with Gasteiger partial charge in [0.25, 0.3) is 0 Å². The quantitative estimate of drug-likeness (QED) is 0.802. The van der Waals surface area contributed by atoms with Crippen molar-refractivity contribution in [2.75, 3.05) is 41.7 Å². The Morgan fingerprint density at radius 2 is 1.96 bits per heavy atom. The van der Waals surface area contributed by atoms with Gasteiger partial charge in [-0.15, -0.1) is 10.2 Å². The molecule has 0 aliphatic carbocycles. The van der Waals surface area contributed by atoms with E-state index in [4.69, 9.17) is 23.2 Å². The van der Waals surface area contributed by atoms with Crippen molar-refractivity contribution in [2.45, 2.75) is 18.9 Å². The topological polar surface area (TPSA) is 73.4 Å². The molecule has 2 aliphatic rings. The minimum atomic E-state index is -0.455. The molecule has 0 bridgehead atoms. The molecule has 0 spiro atoms.